The average molecular weight is 310 g/mol. The van der Waals surface area contributed by atoms with Crippen LogP contribution in [0.4, 0.5) is 0 Å². The van der Waals surface area contributed by atoms with Gasteiger partial charge in [0.2, 0.25) is 11.7 Å². The number of hydrogen-bond acceptors (Lipinski definition) is 6. The molecule has 0 spiro atoms. The number of benzene rings is 1. The van der Waals surface area contributed by atoms with Gasteiger partial charge in [0.25, 0.3) is 0 Å². The molecule has 118 valence electrons. The Balaban J connectivity index is 1.43. The zero-order valence-corrected chi connectivity index (χ0v) is 12.7. The SMILES string of the molecule is c1ccc(-c2noc(CN3CCCC(n4cncn4)C3)n2)cc1. The van der Waals surface area contributed by atoms with Gasteiger partial charge < -0.3 is 4.52 Å². The maximum atomic E-state index is 5.41. The molecule has 1 aromatic carbocycles. The van der Waals surface area contributed by atoms with Crippen LogP contribution in [0.3, 0.4) is 0 Å². The van der Waals surface area contributed by atoms with Crippen molar-refractivity contribution >= 4 is 0 Å². The van der Waals surface area contributed by atoms with Crippen molar-refractivity contribution in [2.24, 2.45) is 0 Å². The first kappa shape index (κ1) is 14.1. The minimum atomic E-state index is 0.364. The van der Waals surface area contributed by atoms with E-state index in [0.29, 0.717) is 24.3 Å². The largest absolute Gasteiger partial charge is 0.338 e. The van der Waals surface area contributed by atoms with Crippen molar-refractivity contribution in [3.63, 3.8) is 0 Å². The third-order valence-corrected chi connectivity index (χ3v) is 4.15. The highest BCUT2D eigenvalue weighted by Gasteiger charge is 2.23. The molecule has 7 nitrogen and oxygen atoms in total. The van der Waals surface area contributed by atoms with Crippen LogP contribution in [0, 0.1) is 0 Å². The summed E-state index contributed by atoms with van der Waals surface area (Å²) >= 11 is 0. The number of rotatable bonds is 4. The standard InChI is InChI=1S/C16H18N6O/c1-2-5-13(6-3-1)16-19-15(23-20-16)10-21-8-4-7-14(9-21)22-12-17-11-18-22/h1-3,5-6,11-12,14H,4,7-10H2. The van der Waals surface area contributed by atoms with Crippen LogP contribution in [-0.4, -0.2) is 42.9 Å². The number of likely N-dealkylation sites (tertiary alicyclic amines) is 1. The van der Waals surface area contributed by atoms with Crippen LogP contribution in [0.25, 0.3) is 11.4 Å². The monoisotopic (exact) mass is 310 g/mol. The van der Waals surface area contributed by atoms with Gasteiger partial charge in [0.1, 0.15) is 12.7 Å². The maximum absolute atomic E-state index is 5.41. The molecule has 1 unspecified atom stereocenters. The van der Waals surface area contributed by atoms with Gasteiger partial charge in [-0.2, -0.15) is 10.1 Å². The molecule has 1 aliphatic rings. The lowest BCUT2D eigenvalue weighted by Crippen LogP contribution is -2.36. The van der Waals surface area contributed by atoms with Crippen LogP contribution in [0.15, 0.2) is 47.5 Å². The van der Waals surface area contributed by atoms with E-state index >= 15 is 0 Å². The Bertz CT molecular complexity index is 739. The minimum absolute atomic E-state index is 0.364. The summed E-state index contributed by atoms with van der Waals surface area (Å²) in [5, 5.41) is 8.33. The predicted molar refractivity (Wildman–Crippen MR) is 83.3 cm³/mol. The van der Waals surface area contributed by atoms with Crippen LogP contribution in [0.1, 0.15) is 24.8 Å². The average Bonchev–Trinajstić information content (AvgIpc) is 3.28. The molecule has 0 saturated carbocycles. The van der Waals surface area contributed by atoms with E-state index in [1.54, 1.807) is 12.7 Å². The van der Waals surface area contributed by atoms with Crippen molar-refractivity contribution < 1.29 is 4.52 Å². The van der Waals surface area contributed by atoms with Gasteiger partial charge in [-0.3, -0.25) is 4.90 Å². The molecule has 1 fully saturated rings. The summed E-state index contributed by atoms with van der Waals surface area (Å²) in [6.07, 6.45) is 5.63. The van der Waals surface area contributed by atoms with Gasteiger partial charge in [0.15, 0.2) is 0 Å². The third kappa shape index (κ3) is 3.14. The Morgan fingerprint density at radius 1 is 1.22 bits per heavy atom. The molecule has 0 amide bonds. The molecule has 0 bridgehead atoms. The first-order chi connectivity index (χ1) is 11.4. The molecule has 3 aromatic rings. The smallest absolute Gasteiger partial charge is 0.241 e. The molecule has 0 aliphatic carbocycles. The molecule has 23 heavy (non-hydrogen) atoms. The van der Waals surface area contributed by atoms with Crippen molar-refractivity contribution in [2.45, 2.75) is 25.4 Å². The number of hydrogen-bond donors (Lipinski definition) is 0. The van der Waals surface area contributed by atoms with Gasteiger partial charge >= 0.3 is 0 Å². The molecule has 2 aromatic heterocycles. The zero-order valence-electron chi connectivity index (χ0n) is 12.7. The Labute approximate surface area is 134 Å². The Morgan fingerprint density at radius 3 is 2.96 bits per heavy atom. The predicted octanol–water partition coefficient (Wildman–Crippen LogP) is 2.17. The fourth-order valence-corrected chi connectivity index (χ4v) is 3.01. The van der Waals surface area contributed by atoms with E-state index < -0.39 is 0 Å². The summed E-state index contributed by atoms with van der Waals surface area (Å²) in [6.45, 7) is 2.63. The fraction of sp³-hybridized carbons (Fsp3) is 0.375. The van der Waals surface area contributed by atoms with Crippen LogP contribution in [0.2, 0.25) is 0 Å². The normalized spacial score (nSPS) is 19.0. The van der Waals surface area contributed by atoms with Gasteiger partial charge in [0, 0.05) is 12.1 Å². The highest BCUT2D eigenvalue weighted by Crippen LogP contribution is 2.22. The van der Waals surface area contributed by atoms with Gasteiger partial charge in [-0.15, -0.1) is 0 Å². The molecule has 0 radical (unpaired) electrons. The lowest BCUT2D eigenvalue weighted by atomic mass is 10.1. The lowest BCUT2D eigenvalue weighted by Gasteiger charge is -2.31. The molecule has 7 heteroatoms. The van der Waals surface area contributed by atoms with E-state index in [1.165, 1.54) is 0 Å². The maximum Gasteiger partial charge on any atom is 0.241 e. The molecular weight excluding hydrogens is 292 g/mol. The highest BCUT2D eigenvalue weighted by molar-refractivity contribution is 5.53. The summed E-state index contributed by atoms with van der Waals surface area (Å²) in [6, 6.07) is 10.2. The summed E-state index contributed by atoms with van der Waals surface area (Å²) in [5.41, 5.74) is 0.974. The summed E-state index contributed by atoms with van der Waals surface area (Å²) < 4.78 is 7.35. The van der Waals surface area contributed by atoms with Gasteiger partial charge in [-0.05, 0) is 19.4 Å². The lowest BCUT2D eigenvalue weighted by molar-refractivity contribution is 0.146. The Kier molecular flexibility index (Phi) is 3.85. The van der Waals surface area contributed by atoms with Crippen LogP contribution < -0.4 is 0 Å². The van der Waals surface area contributed by atoms with E-state index in [1.807, 2.05) is 35.0 Å². The second kappa shape index (κ2) is 6.29. The molecule has 1 saturated heterocycles. The van der Waals surface area contributed by atoms with Crippen LogP contribution in [-0.2, 0) is 6.54 Å². The Hall–Kier alpha value is -2.54. The van der Waals surface area contributed by atoms with Crippen molar-refractivity contribution in [1.29, 1.82) is 0 Å². The van der Waals surface area contributed by atoms with Crippen LogP contribution in [0.5, 0.6) is 0 Å². The molecular formula is C16H18N6O. The molecule has 3 heterocycles. The quantitative estimate of drug-likeness (QED) is 0.735. The second-order valence-corrected chi connectivity index (χ2v) is 5.78. The third-order valence-electron chi connectivity index (χ3n) is 4.15. The van der Waals surface area contributed by atoms with E-state index in [0.717, 1.165) is 31.5 Å². The fourth-order valence-electron chi connectivity index (χ4n) is 3.01. The van der Waals surface area contributed by atoms with Gasteiger partial charge in [-0.1, -0.05) is 35.5 Å². The first-order valence-electron chi connectivity index (χ1n) is 7.83. The van der Waals surface area contributed by atoms with Crippen molar-refractivity contribution in [3.05, 3.63) is 48.9 Å². The molecule has 1 aliphatic heterocycles. The summed E-state index contributed by atoms with van der Waals surface area (Å²) in [5.74, 6) is 1.30. The second-order valence-electron chi connectivity index (χ2n) is 5.78. The molecule has 1 atom stereocenters. The van der Waals surface area contributed by atoms with Gasteiger partial charge in [-0.25, -0.2) is 9.67 Å². The van der Waals surface area contributed by atoms with Gasteiger partial charge in [0.05, 0.1) is 12.6 Å². The number of piperidine rings is 1. The molecule has 4 rings (SSSR count). The number of aromatic nitrogens is 5. The Morgan fingerprint density at radius 2 is 2.13 bits per heavy atom. The first-order valence-corrected chi connectivity index (χ1v) is 7.83. The van der Waals surface area contributed by atoms with Crippen molar-refractivity contribution in [2.75, 3.05) is 13.1 Å². The van der Waals surface area contributed by atoms with Crippen molar-refractivity contribution in [3.8, 4) is 11.4 Å². The van der Waals surface area contributed by atoms with Crippen molar-refractivity contribution in [1.82, 2.24) is 29.8 Å². The highest BCUT2D eigenvalue weighted by atomic mass is 16.5. The zero-order chi connectivity index (χ0) is 15.5. The van der Waals surface area contributed by atoms with Crippen LogP contribution >= 0.6 is 0 Å². The molecule has 0 N–H and O–H groups in total. The minimum Gasteiger partial charge on any atom is -0.338 e. The number of nitrogens with zero attached hydrogens (tertiary/aromatic N) is 6. The summed E-state index contributed by atoms with van der Waals surface area (Å²) in [4.78, 5) is 10.9. The summed E-state index contributed by atoms with van der Waals surface area (Å²) in [7, 11) is 0. The topological polar surface area (TPSA) is 72.9 Å². The van der Waals surface area contributed by atoms with E-state index in [4.69, 9.17) is 4.52 Å². The van der Waals surface area contributed by atoms with E-state index in [9.17, 15) is 0 Å². The van der Waals surface area contributed by atoms with E-state index in [-0.39, 0.29) is 0 Å². The van der Waals surface area contributed by atoms with E-state index in [2.05, 4.69) is 25.1 Å².